The van der Waals surface area contributed by atoms with E-state index in [2.05, 4.69) is 48.8 Å². The van der Waals surface area contributed by atoms with Crippen molar-refractivity contribution in [3.63, 3.8) is 0 Å². The molecule has 0 saturated carbocycles. The summed E-state index contributed by atoms with van der Waals surface area (Å²) in [6, 6.07) is 11.1. The first-order chi connectivity index (χ1) is 8.15. The lowest BCUT2D eigenvalue weighted by atomic mass is 10.2. The molecular formula is C12H8BrIN2O. The molecule has 1 heterocycles. The summed E-state index contributed by atoms with van der Waals surface area (Å²) in [7, 11) is 0. The summed E-state index contributed by atoms with van der Waals surface area (Å²) in [6.45, 7) is 0. The Morgan fingerprint density at radius 2 is 2.12 bits per heavy atom. The summed E-state index contributed by atoms with van der Waals surface area (Å²) in [5, 5.41) is 2.82. The summed E-state index contributed by atoms with van der Waals surface area (Å²) < 4.78 is 1.79. The van der Waals surface area contributed by atoms with E-state index in [4.69, 9.17) is 0 Å². The van der Waals surface area contributed by atoms with Crippen LogP contribution in [0.25, 0.3) is 0 Å². The molecule has 1 N–H and O–H groups in total. The standard InChI is InChI=1S/C12H8BrIN2O/c13-11-5-4-8(7-15-11)12(17)16-10-3-1-2-9(14)6-10/h1-7H,(H,16,17). The fourth-order valence-corrected chi connectivity index (χ4v) is 2.06. The van der Waals surface area contributed by atoms with E-state index in [9.17, 15) is 4.79 Å². The number of anilines is 1. The van der Waals surface area contributed by atoms with Crippen molar-refractivity contribution in [2.24, 2.45) is 0 Å². The second-order valence-electron chi connectivity index (χ2n) is 3.33. The van der Waals surface area contributed by atoms with Gasteiger partial charge in [-0.2, -0.15) is 0 Å². The van der Waals surface area contributed by atoms with Crippen molar-refractivity contribution in [3.8, 4) is 0 Å². The van der Waals surface area contributed by atoms with Gasteiger partial charge in [-0.1, -0.05) is 6.07 Å². The number of carbonyl (C=O) groups is 1. The Morgan fingerprint density at radius 1 is 1.29 bits per heavy atom. The summed E-state index contributed by atoms with van der Waals surface area (Å²) >= 11 is 5.43. The van der Waals surface area contributed by atoms with E-state index in [0.29, 0.717) is 10.2 Å². The number of rotatable bonds is 2. The normalized spacial score (nSPS) is 10.0. The van der Waals surface area contributed by atoms with Crippen LogP contribution in [0.2, 0.25) is 0 Å². The van der Waals surface area contributed by atoms with Crippen LogP contribution in [-0.2, 0) is 0 Å². The quantitative estimate of drug-likeness (QED) is 0.614. The van der Waals surface area contributed by atoms with E-state index in [1.54, 1.807) is 12.1 Å². The molecule has 3 nitrogen and oxygen atoms in total. The number of benzene rings is 1. The van der Waals surface area contributed by atoms with Crippen molar-refractivity contribution >= 4 is 50.1 Å². The molecule has 0 radical (unpaired) electrons. The fraction of sp³-hybridized carbons (Fsp3) is 0. The molecule has 0 atom stereocenters. The lowest BCUT2D eigenvalue weighted by molar-refractivity contribution is 0.102. The molecule has 1 amide bonds. The van der Waals surface area contributed by atoms with Crippen LogP contribution in [0, 0.1) is 3.57 Å². The highest BCUT2D eigenvalue weighted by atomic mass is 127. The van der Waals surface area contributed by atoms with Crippen LogP contribution in [0.4, 0.5) is 5.69 Å². The number of amides is 1. The Balaban J connectivity index is 2.14. The average molecular weight is 403 g/mol. The molecule has 0 aliphatic rings. The lowest BCUT2D eigenvalue weighted by Gasteiger charge is -2.05. The molecule has 2 aromatic rings. The number of nitrogens with zero attached hydrogens (tertiary/aromatic N) is 1. The molecule has 0 spiro atoms. The van der Waals surface area contributed by atoms with Gasteiger partial charge < -0.3 is 5.32 Å². The third-order valence-corrected chi connectivity index (χ3v) is 3.21. The second-order valence-corrected chi connectivity index (χ2v) is 5.39. The monoisotopic (exact) mass is 402 g/mol. The van der Waals surface area contributed by atoms with Gasteiger partial charge in [-0.25, -0.2) is 4.98 Å². The number of hydrogen-bond donors (Lipinski definition) is 1. The van der Waals surface area contributed by atoms with Gasteiger partial charge in [0.1, 0.15) is 4.60 Å². The maximum atomic E-state index is 11.9. The number of pyridine rings is 1. The van der Waals surface area contributed by atoms with E-state index in [-0.39, 0.29) is 5.91 Å². The van der Waals surface area contributed by atoms with E-state index < -0.39 is 0 Å². The molecule has 86 valence electrons. The van der Waals surface area contributed by atoms with E-state index in [1.165, 1.54) is 6.20 Å². The van der Waals surface area contributed by atoms with E-state index >= 15 is 0 Å². The number of halogens is 2. The van der Waals surface area contributed by atoms with Crippen molar-refractivity contribution in [2.45, 2.75) is 0 Å². The molecular weight excluding hydrogens is 395 g/mol. The minimum absolute atomic E-state index is 0.160. The van der Waals surface area contributed by atoms with Gasteiger partial charge in [0, 0.05) is 15.5 Å². The number of carbonyl (C=O) groups excluding carboxylic acids is 1. The first-order valence-electron chi connectivity index (χ1n) is 4.83. The topological polar surface area (TPSA) is 42.0 Å². The molecule has 1 aromatic carbocycles. The Morgan fingerprint density at radius 3 is 2.76 bits per heavy atom. The summed E-state index contributed by atoms with van der Waals surface area (Å²) in [5.74, 6) is -0.160. The van der Waals surface area contributed by atoms with Crippen molar-refractivity contribution in [2.75, 3.05) is 5.32 Å². The van der Waals surface area contributed by atoms with Gasteiger partial charge >= 0.3 is 0 Å². The highest BCUT2D eigenvalue weighted by Crippen LogP contribution is 2.14. The van der Waals surface area contributed by atoms with Crippen molar-refractivity contribution in [1.82, 2.24) is 4.98 Å². The molecule has 0 aliphatic carbocycles. The van der Waals surface area contributed by atoms with Gasteiger partial charge in [0.2, 0.25) is 0 Å². The maximum absolute atomic E-state index is 11.9. The average Bonchev–Trinajstić information content (AvgIpc) is 2.29. The molecule has 0 aliphatic heterocycles. The van der Waals surface area contributed by atoms with Gasteiger partial charge in [0.25, 0.3) is 5.91 Å². The minimum Gasteiger partial charge on any atom is -0.322 e. The highest BCUT2D eigenvalue weighted by Gasteiger charge is 2.06. The first kappa shape index (κ1) is 12.5. The highest BCUT2D eigenvalue weighted by molar-refractivity contribution is 14.1. The van der Waals surface area contributed by atoms with Gasteiger partial charge in [0.05, 0.1) is 5.56 Å². The van der Waals surface area contributed by atoms with Gasteiger partial charge in [-0.15, -0.1) is 0 Å². The molecule has 1 aromatic heterocycles. The Kier molecular flexibility index (Phi) is 4.11. The zero-order chi connectivity index (χ0) is 12.3. The van der Waals surface area contributed by atoms with Crippen molar-refractivity contribution in [1.29, 1.82) is 0 Å². The Labute approximate surface area is 121 Å². The predicted octanol–water partition coefficient (Wildman–Crippen LogP) is 3.70. The van der Waals surface area contributed by atoms with Crippen LogP contribution in [0.5, 0.6) is 0 Å². The molecule has 0 saturated heterocycles. The molecule has 0 fully saturated rings. The van der Waals surface area contributed by atoms with E-state index in [0.717, 1.165) is 9.26 Å². The molecule has 5 heteroatoms. The van der Waals surface area contributed by atoms with Crippen LogP contribution in [0.15, 0.2) is 47.2 Å². The molecule has 17 heavy (non-hydrogen) atoms. The number of nitrogens with one attached hydrogen (secondary N) is 1. The third kappa shape index (κ3) is 3.50. The van der Waals surface area contributed by atoms with Gasteiger partial charge in [0.15, 0.2) is 0 Å². The summed E-state index contributed by atoms with van der Waals surface area (Å²) in [6.07, 6.45) is 1.54. The zero-order valence-electron chi connectivity index (χ0n) is 8.65. The predicted molar refractivity (Wildman–Crippen MR) is 79.0 cm³/mol. The van der Waals surface area contributed by atoms with Gasteiger partial charge in [-0.3, -0.25) is 4.79 Å². The maximum Gasteiger partial charge on any atom is 0.257 e. The third-order valence-electron chi connectivity index (χ3n) is 2.07. The minimum atomic E-state index is -0.160. The SMILES string of the molecule is O=C(Nc1cccc(I)c1)c1ccc(Br)nc1. The van der Waals surface area contributed by atoms with Crippen LogP contribution in [-0.4, -0.2) is 10.9 Å². The largest absolute Gasteiger partial charge is 0.322 e. The van der Waals surface area contributed by atoms with E-state index in [1.807, 2.05) is 24.3 Å². The lowest BCUT2D eigenvalue weighted by Crippen LogP contribution is -2.12. The smallest absolute Gasteiger partial charge is 0.257 e. The second kappa shape index (κ2) is 5.59. The van der Waals surface area contributed by atoms with Gasteiger partial charge in [-0.05, 0) is 68.9 Å². The summed E-state index contributed by atoms with van der Waals surface area (Å²) in [5.41, 5.74) is 1.32. The van der Waals surface area contributed by atoms with Crippen molar-refractivity contribution < 1.29 is 4.79 Å². The molecule has 0 bridgehead atoms. The van der Waals surface area contributed by atoms with Crippen molar-refractivity contribution in [3.05, 3.63) is 56.3 Å². The number of aromatic nitrogens is 1. The van der Waals surface area contributed by atoms with Crippen LogP contribution in [0.1, 0.15) is 10.4 Å². The Bertz CT molecular complexity index is 542. The van der Waals surface area contributed by atoms with Crippen LogP contribution in [0.3, 0.4) is 0 Å². The van der Waals surface area contributed by atoms with Crippen LogP contribution >= 0.6 is 38.5 Å². The number of hydrogen-bond acceptors (Lipinski definition) is 2. The molecule has 0 unspecified atom stereocenters. The zero-order valence-corrected chi connectivity index (χ0v) is 12.4. The Hall–Kier alpha value is -0.950. The summed E-state index contributed by atoms with van der Waals surface area (Å²) in [4.78, 5) is 15.9. The first-order valence-corrected chi connectivity index (χ1v) is 6.71. The molecule has 2 rings (SSSR count). The fourth-order valence-electron chi connectivity index (χ4n) is 1.28. The van der Waals surface area contributed by atoms with Crippen LogP contribution < -0.4 is 5.32 Å².